The molecule has 110 valence electrons. The van der Waals surface area contributed by atoms with Crippen molar-refractivity contribution in [2.45, 2.75) is 6.42 Å². The molecule has 1 saturated heterocycles. The zero-order chi connectivity index (χ0) is 14.5. The lowest BCUT2D eigenvalue weighted by atomic mass is 10.3. The van der Waals surface area contributed by atoms with Gasteiger partial charge in [-0.2, -0.15) is 5.10 Å². The van der Waals surface area contributed by atoms with E-state index in [9.17, 15) is 9.59 Å². The number of nitrogens with zero attached hydrogens (tertiary/aromatic N) is 3. The SMILES string of the molecule is Cn1ncc(C(=O)NCCC(=O)N2CCOCC2)c1N. The molecule has 0 bridgehead atoms. The van der Waals surface area contributed by atoms with E-state index in [1.54, 1.807) is 11.9 Å². The van der Waals surface area contributed by atoms with E-state index < -0.39 is 0 Å². The van der Waals surface area contributed by atoms with Gasteiger partial charge in [-0.05, 0) is 0 Å². The van der Waals surface area contributed by atoms with Crippen LogP contribution in [0.1, 0.15) is 16.8 Å². The Hall–Kier alpha value is -2.09. The maximum atomic E-state index is 11.9. The zero-order valence-electron chi connectivity index (χ0n) is 11.5. The van der Waals surface area contributed by atoms with Crippen LogP contribution in [-0.4, -0.2) is 59.3 Å². The second kappa shape index (κ2) is 6.38. The minimum Gasteiger partial charge on any atom is -0.383 e. The lowest BCUT2D eigenvalue weighted by molar-refractivity contribution is -0.135. The Morgan fingerprint density at radius 1 is 1.45 bits per heavy atom. The number of carbonyl (C=O) groups excluding carboxylic acids is 2. The van der Waals surface area contributed by atoms with Gasteiger partial charge in [0.25, 0.3) is 5.91 Å². The molecule has 0 saturated carbocycles. The topological polar surface area (TPSA) is 102 Å². The van der Waals surface area contributed by atoms with Crippen molar-refractivity contribution in [3.8, 4) is 0 Å². The van der Waals surface area contributed by atoms with E-state index in [0.717, 1.165) is 0 Å². The van der Waals surface area contributed by atoms with Crippen molar-refractivity contribution in [3.63, 3.8) is 0 Å². The van der Waals surface area contributed by atoms with Crippen LogP contribution >= 0.6 is 0 Å². The number of anilines is 1. The third-order valence-electron chi connectivity index (χ3n) is 3.22. The van der Waals surface area contributed by atoms with E-state index in [0.29, 0.717) is 37.7 Å². The minimum atomic E-state index is -0.314. The van der Waals surface area contributed by atoms with Crippen LogP contribution in [0.15, 0.2) is 6.20 Å². The number of hydrogen-bond donors (Lipinski definition) is 2. The van der Waals surface area contributed by atoms with E-state index in [-0.39, 0.29) is 24.8 Å². The van der Waals surface area contributed by atoms with Gasteiger partial charge >= 0.3 is 0 Å². The third kappa shape index (κ3) is 3.27. The summed E-state index contributed by atoms with van der Waals surface area (Å²) in [5.41, 5.74) is 6.03. The maximum Gasteiger partial charge on any atom is 0.256 e. The largest absolute Gasteiger partial charge is 0.383 e. The number of nitrogen functional groups attached to an aromatic ring is 1. The lowest BCUT2D eigenvalue weighted by Gasteiger charge is -2.26. The number of aromatic nitrogens is 2. The van der Waals surface area contributed by atoms with Crippen LogP contribution in [0.2, 0.25) is 0 Å². The van der Waals surface area contributed by atoms with E-state index in [1.807, 2.05) is 0 Å². The van der Waals surface area contributed by atoms with E-state index in [1.165, 1.54) is 10.9 Å². The van der Waals surface area contributed by atoms with Crippen molar-refractivity contribution in [1.29, 1.82) is 0 Å². The first-order chi connectivity index (χ1) is 9.59. The molecule has 0 atom stereocenters. The quantitative estimate of drug-likeness (QED) is 0.735. The number of hydrogen-bond acceptors (Lipinski definition) is 5. The molecule has 1 aromatic rings. The van der Waals surface area contributed by atoms with Gasteiger partial charge in [0.2, 0.25) is 5.91 Å². The average molecular weight is 281 g/mol. The van der Waals surface area contributed by atoms with Crippen molar-refractivity contribution < 1.29 is 14.3 Å². The highest BCUT2D eigenvalue weighted by molar-refractivity contribution is 5.98. The van der Waals surface area contributed by atoms with Gasteiger partial charge < -0.3 is 20.7 Å². The van der Waals surface area contributed by atoms with E-state index >= 15 is 0 Å². The second-order valence-corrected chi connectivity index (χ2v) is 4.57. The van der Waals surface area contributed by atoms with E-state index in [2.05, 4.69) is 10.4 Å². The summed E-state index contributed by atoms with van der Waals surface area (Å²) in [6.45, 7) is 2.66. The molecule has 2 heterocycles. The summed E-state index contributed by atoms with van der Waals surface area (Å²) in [5.74, 6) is 0.0140. The Kier molecular flexibility index (Phi) is 4.57. The Balaban J connectivity index is 1.76. The number of rotatable bonds is 4. The van der Waals surface area contributed by atoms with Crippen LogP contribution in [0.4, 0.5) is 5.82 Å². The number of ether oxygens (including phenoxy) is 1. The van der Waals surface area contributed by atoms with Gasteiger partial charge in [-0.1, -0.05) is 0 Å². The minimum absolute atomic E-state index is 0.0211. The Bertz CT molecular complexity index is 493. The number of carbonyl (C=O) groups is 2. The first kappa shape index (κ1) is 14.3. The fourth-order valence-corrected chi connectivity index (χ4v) is 1.97. The van der Waals surface area contributed by atoms with Crippen LogP contribution < -0.4 is 11.1 Å². The predicted octanol–water partition coefficient (Wildman–Crippen LogP) is -1.02. The van der Waals surface area contributed by atoms with Gasteiger partial charge in [0.1, 0.15) is 11.4 Å². The normalized spacial score (nSPS) is 15.2. The molecule has 1 aromatic heterocycles. The standard InChI is InChI=1S/C12H19N5O3/c1-16-11(13)9(8-15-16)12(19)14-3-2-10(18)17-4-6-20-7-5-17/h8H,2-7,13H2,1H3,(H,14,19). The van der Waals surface area contributed by atoms with Gasteiger partial charge in [-0.15, -0.1) is 0 Å². The molecule has 0 aromatic carbocycles. The van der Waals surface area contributed by atoms with Crippen LogP contribution in [0.3, 0.4) is 0 Å². The second-order valence-electron chi connectivity index (χ2n) is 4.57. The number of aryl methyl sites for hydroxylation is 1. The molecule has 3 N–H and O–H groups in total. The van der Waals surface area contributed by atoms with Crippen molar-refractivity contribution in [1.82, 2.24) is 20.0 Å². The number of nitrogens with one attached hydrogen (secondary N) is 1. The van der Waals surface area contributed by atoms with Crippen molar-refractivity contribution in [2.75, 3.05) is 38.6 Å². The molecule has 8 heteroatoms. The van der Waals surface area contributed by atoms with Crippen LogP contribution in [0, 0.1) is 0 Å². The fraction of sp³-hybridized carbons (Fsp3) is 0.583. The molecule has 0 unspecified atom stereocenters. The highest BCUT2D eigenvalue weighted by atomic mass is 16.5. The van der Waals surface area contributed by atoms with Crippen LogP contribution in [0.5, 0.6) is 0 Å². The highest BCUT2D eigenvalue weighted by Gasteiger charge is 2.17. The molecule has 0 radical (unpaired) electrons. The van der Waals surface area contributed by atoms with Gasteiger partial charge in [-0.3, -0.25) is 14.3 Å². The van der Waals surface area contributed by atoms with E-state index in [4.69, 9.17) is 10.5 Å². The summed E-state index contributed by atoms with van der Waals surface area (Å²) < 4.78 is 6.60. The van der Waals surface area contributed by atoms with Crippen LogP contribution in [-0.2, 0) is 16.6 Å². The van der Waals surface area contributed by atoms with Crippen LogP contribution in [0.25, 0.3) is 0 Å². The third-order valence-corrected chi connectivity index (χ3v) is 3.22. The molecule has 1 fully saturated rings. The molecule has 1 aliphatic heterocycles. The Morgan fingerprint density at radius 3 is 2.75 bits per heavy atom. The molecular weight excluding hydrogens is 262 g/mol. The Labute approximate surface area is 116 Å². The fourth-order valence-electron chi connectivity index (χ4n) is 1.97. The summed E-state index contributed by atoms with van der Waals surface area (Å²) in [5, 5.41) is 6.57. The molecule has 1 aliphatic rings. The lowest BCUT2D eigenvalue weighted by Crippen LogP contribution is -2.42. The smallest absolute Gasteiger partial charge is 0.256 e. The average Bonchev–Trinajstić information content (AvgIpc) is 2.80. The molecule has 8 nitrogen and oxygen atoms in total. The summed E-state index contributed by atoms with van der Waals surface area (Å²) in [7, 11) is 1.66. The summed E-state index contributed by atoms with van der Waals surface area (Å²) in [4.78, 5) is 25.5. The summed E-state index contributed by atoms with van der Waals surface area (Å²) in [6.07, 6.45) is 1.68. The number of morpholine rings is 1. The number of nitrogens with two attached hydrogens (primary N) is 1. The molecular formula is C12H19N5O3. The number of amides is 2. The monoisotopic (exact) mass is 281 g/mol. The van der Waals surface area contributed by atoms with Crippen molar-refractivity contribution in [2.24, 2.45) is 7.05 Å². The van der Waals surface area contributed by atoms with Crippen molar-refractivity contribution in [3.05, 3.63) is 11.8 Å². The van der Waals surface area contributed by atoms with Gasteiger partial charge in [0, 0.05) is 33.1 Å². The molecule has 2 rings (SSSR count). The molecule has 0 spiro atoms. The first-order valence-electron chi connectivity index (χ1n) is 6.51. The van der Waals surface area contributed by atoms with Gasteiger partial charge in [0.15, 0.2) is 0 Å². The molecule has 2 amide bonds. The Morgan fingerprint density at radius 2 is 2.15 bits per heavy atom. The van der Waals surface area contributed by atoms with Gasteiger partial charge in [-0.25, -0.2) is 0 Å². The molecule has 0 aliphatic carbocycles. The molecule has 20 heavy (non-hydrogen) atoms. The summed E-state index contributed by atoms with van der Waals surface area (Å²) >= 11 is 0. The maximum absolute atomic E-state index is 11.9. The highest BCUT2D eigenvalue weighted by Crippen LogP contribution is 2.08. The first-order valence-corrected chi connectivity index (χ1v) is 6.51. The van der Waals surface area contributed by atoms with Crippen molar-refractivity contribution >= 4 is 17.6 Å². The summed E-state index contributed by atoms with van der Waals surface area (Å²) in [6, 6.07) is 0. The zero-order valence-corrected chi connectivity index (χ0v) is 11.5. The van der Waals surface area contributed by atoms with Gasteiger partial charge in [0.05, 0.1) is 19.4 Å². The predicted molar refractivity (Wildman–Crippen MR) is 72.0 cm³/mol.